The summed E-state index contributed by atoms with van der Waals surface area (Å²) in [5.41, 5.74) is 5.44. The fourth-order valence-electron chi connectivity index (χ4n) is 1.15. The monoisotopic (exact) mass is 259 g/mol. The van der Waals surface area contributed by atoms with Crippen molar-refractivity contribution in [3.05, 3.63) is 21.5 Å². The van der Waals surface area contributed by atoms with Crippen LogP contribution < -0.4 is 5.73 Å². The summed E-state index contributed by atoms with van der Waals surface area (Å²) in [4.78, 5) is 1.01. The molecular formula is C9H10ClN3S2. The van der Waals surface area contributed by atoms with Crippen molar-refractivity contribution in [2.24, 2.45) is 5.73 Å². The highest BCUT2D eigenvalue weighted by molar-refractivity contribution is 7.21. The lowest BCUT2D eigenvalue weighted by Gasteiger charge is -1.90. The summed E-state index contributed by atoms with van der Waals surface area (Å²) in [6, 6.07) is 1.88. The molecule has 0 radical (unpaired) electrons. The van der Waals surface area contributed by atoms with E-state index in [1.54, 1.807) is 22.7 Å². The molecule has 0 saturated heterocycles. The zero-order chi connectivity index (χ0) is 10.7. The maximum atomic E-state index is 6.02. The van der Waals surface area contributed by atoms with Gasteiger partial charge in [0.15, 0.2) is 5.01 Å². The summed E-state index contributed by atoms with van der Waals surface area (Å²) in [7, 11) is 0. The van der Waals surface area contributed by atoms with Crippen LogP contribution >= 0.6 is 34.3 Å². The molecule has 0 fully saturated rings. The Bertz CT molecular complexity index is 438. The maximum absolute atomic E-state index is 6.02. The van der Waals surface area contributed by atoms with Crippen molar-refractivity contribution < 1.29 is 0 Å². The Morgan fingerprint density at radius 3 is 2.93 bits per heavy atom. The van der Waals surface area contributed by atoms with Gasteiger partial charge in [-0.1, -0.05) is 22.9 Å². The van der Waals surface area contributed by atoms with Gasteiger partial charge in [0.1, 0.15) is 5.01 Å². The Morgan fingerprint density at radius 1 is 1.40 bits per heavy atom. The van der Waals surface area contributed by atoms with Crippen LogP contribution in [0.25, 0.3) is 9.88 Å². The number of aryl methyl sites for hydroxylation is 1. The number of thiophene rings is 1. The van der Waals surface area contributed by atoms with Gasteiger partial charge in [-0.25, -0.2) is 0 Å². The number of nitrogens with zero attached hydrogens (tertiary/aromatic N) is 2. The first-order valence-electron chi connectivity index (χ1n) is 4.57. The largest absolute Gasteiger partial charge is 0.330 e. The minimum atomic E-state index is 0.689. The summed E-state index contributed by atoms with van der Waals surface area (Å²) in [6.07, 6.45) is 1.85. The highest BCUT2D eigenvalue weighted by Gasteiger charge is 2.10. The van der Waals surface area contributed by atoms with Crippen molar-refractivity contribution in [1.82, 2.24) is 10.2 Å². The molecule has 0 atom stereocenters. The normalized spacial score (nSPS) is 10.8. The SMILES string of the molecule is NCCCc1nnc(-c2sccc2Cl)s1. The molecule has 0 aliphatic rings. The van der Waals surface area contributed by atoms with Gasteiger partial charge in [0.25, 0.3) is 0 Å². The Morgan fingerprint density at radius 2 is 2.27 bits per heavy atom. The number of halogens is 1. The van der Waals surface area contributed by atoms with Crippen LogP contribution in [-0.4, -0.2) is 16.7 Å². The molecule has 2 N–H and O–H groups in total. The lowest BCUT2D eigenvalue weighted by atomic mass is 10.3. The van der Waals surface area contributed by atoms with E-state index in [4.69, 9.17) is 17.3 Å². The quantitative estimate of drug-likeness (QED) is 0.919. The van der Waals surface area contributed by atoms with E-state index in [1.807, 2.05) is 11.4 Å². The van der Waals surface area contributed by atoms with Crippen LogP contribution in [0.1, 0.15) is 11.4 Å². The Labute approximate surface area is 101 Å². The second-order valence-electron chi connectivity index (χ2n) is 2.99. The topological polar surface area (TPSA) is 51.8 Å². The van der Waals surface area contributed by atoms with Gasteiger partial charge in [-0.05, 0) is 24.4 Å². The molecule has 2 aromatic heterocycles. The van der Waals surface area contributed by atoms with Crippen molar-refractivity contribution >= 4 is 34.3 Å². The molecule has 3 nitrogen and oxygen atoms in total. The Kier molecular flexibility index (Phi) is 3.69. The molecule has 15 heavy (non-hydrogen) atoms. The number of hydrogen-bond donors (Lipinski definition) is 1. The van der Waals surface area contributed by atoms with E-state index in [-0.39, 0.29) is 0 Å². The van der Waals surface area contributed by atoms with E-state index in [0.29, 0.717) is 6.54 Å². The van der Waals surface area contributed by atoms with E-state index in [1.165, 1.54) is 0 Å². The highest BCUT2D eigenvalue weighted by atomic mass is 35.5. The maximum Gasteiger partial charge on any atom is 0.159 e. The van der Waals surface area contributed by atoms with Crippen LogP contribution in [-0.2, 0) is 6.42 Å². The molecule has 6 heteroatoms. The number of aromatic nitrogens is 2. The fourth-order valence-corrected chi connectivity index (χ4v) is 3.33. The van der Waals surface area contributed by atoms with Crippen molar-refractivity contribution in [2.45, 2.75) is 12.8 Å². The van der Waals surface area contributed by atoms with Crippen LogP contribution in [0.5, 0.6) is 0 Å². The second kappa shape index (κ2) is 5.03. The summed E-state index contributed by atoms with van der Waals surface area (Å²) in [6.45, 7) is 0.689. The standard InChI is InChI=1S/C9H10ClN3S2/c10-6-3-5-14-8(6)9-13-12-7(15-9)2-1-4-11/h3,5H,1-2,4,11H2. The van der Waals surface area contributed by atoms with E-state index < -0.39 is 0 Å². The zero-order valence-electron chi connectivity index (χ0n) is 7.94. The van der Waals surface area contributed by atoms with Crippen LogP contribution in [0.3, 0.4) is 0 Å². The average molecular weight is 260 g/mol. The third-order valence-electron chi connectivity index (χ3n) is 1.87. The van der Waals surface area contributed by atoms with Crippen LogP contribution in [0, 0.1) is 0 Å². The van der Waals surface area contributed by atoms with Gasteiger partial charge in [0.05, 0.1) is 9.90 Å². The summed E-state index contributed by atoms with van der Waals surface area (Å²) in [5.74, 6) is 0. The molecule has 0 unspecified atom stereocenters. The average Bonchev–Trinajstić information content (AvgIpc) is 2.83. The Balaban J connectivity index is 2.17. The van der Waals surface area contributed by atoms with E-state index >= 15 is 0 Å². The molecule has 0 aliphatic carbocycles. The minimum Gasteiger partial charge on any atom is -0.330 e. The Hall–Kier alpha value is -0.490. The lowest BCUT2D eigenvalue weighted by Crippen LogP contribution is -1.99. The molecule has 0 amide bonds. The van der Waals surface area contributed by atoms with Crippen molar-refractivity contribution in [3.8, 4) is 9.88 Å². The smallest absolute Gasteiger partial charge is 0.159 e. The molecule has 0 aliphatic heterocycles. The van der Waals surface area contributed by atoms with Gasteiger partial charge in [0.2, 0.25) is 0 Å². The summed E-state index contributed by atoms with van der Waals surface area (Å²) >= 11 is 9.20. The van der Waals surface area contributed by atoms with E-state index in [2.05, 4.69) is 10.2 Å². The van der Waals surface area contributed by atoms with Gasteiger partial charge in [-0.15, -0.1) is 21.5 Å². The predicted molar refractivity (Wildman–Crippen MR) is 65.6 cm³/mol. The van der Waals surface area contributed by atoms with Gasteiger partial charge < -0.3 is 5.73 Å². The third kappa shape index (κ3) is 2.55. The lowest BCUT2D eigenvalue weighted by molar-refractivity contribution is 0.812. The predicted octanol–water partition coefficient (Wildman–Crippen LogP) is 2.81. The van der Waals surface area contributed by atoms with Crippen molar-refractivity contribution in [1.29, 1.82) is 0 Å². The molecule has 80 valence electrons. The van der Waals surface area contributed by atoms with Gasteiger partial charge in [-0.2, -0.15) is 0 Å². The van der Waals surface area contributed by atoms with Crippen LogP contribution in [0.2, 0.25) is 5.02 Å². The van der Waals surface area contributed by atoms with Crippen molar-refractivity contribution in [2.75, 3.05) is 6.54 Å². The van der Waals surface area contributed by atoms with Gasteiger partial charge >= 0.3 is 0 Å². The summed E-state index contributed by atoms with van der Waals surface area (Å²) < 4.78 is 0. The number of hydrogen-bond acceptors (Lipinski definition) is 5. The number of rotatable bonds is 4. The summed E-state index contributed by atoms with van der Waals surface area (Å²) in [5, 5.41) is 12.9. The minimum absolute atomic E-state index is 0.689. The molecule has 2 heterocycles. The third-order valence-corrected chi connectivity index (χ3v) is 4.35. The van der Waals surface area contributed by atoms with Crippen LogP contribution in [0.4, 0.5) is 0 Å². The van der Waals surface area contributed by atoms with Crippen LogP contribution in [0.15, 0.2) is 11.4 Å². The molecule has 0 bridgehead atoms. The molecule has 0 spiro atoms. The molecule has 0 aromatic carbocycles. The fraction of sp³-hybridized carbons (Fsp3) is 0.333. The molecule has 2 aromatic rings. The zero-order valence-corrected chi connectivity index (χ0v) is 10.3. The first-order chi connectivity index (χ1) is 7.31. The first-order valence-corrected chi connectivity index (χ1v) is 6.64. The molecular weight excluding hydrogens is 250 g/mol. The van der Waals surface area contributed by atoms with Gasteiger partial charge in [0, 0.05) is 6.42 Å². The number of nitrogens with two attached hydrogens (primary N) is 1. The molecule has 2 rings (SSSR count). The van der Waals surface area contributed by atoms with Gasteiger partial charge in [-0.3, -0.25) is 0 Å². The van der Waals surface area contributed by atoms with E-state index in [0.717, 1.165) is 32.8 Å². The van der Waals surface area contributed by atoms with E-state index in [9.17, 15) is 0 Å². The molecule has 0 saturated carbocycles. The second-order valence-corrected chi connectivity index (χ2v) is 5.38. The first kappa shape index (κ1) is 11.0. The van der Waals surface area contributed by atoms with Crippen molar-refractivity contribution in [3.63, 3.8) is 0 Å². The highest BCUT2D eigenvalue weighted by Crippen LogP contribution is 2.34.